The molecule has 1 heterocycles. The van der Waals surface area contributed by atoms with E-state index in [9.17, 15) is 14.9 Å². The van der Waals surface area contributed by atoms with Crippen LogP contribution in [0.4, 0.5) is 11.4 Å². The van der Waals surface area contributed by atoms with Crippen molar-refractivity contribution in [2.24, 2.45) is 0 Å². The van der Waals surface area contributed by atoms with E-state index in [1.165, 1.54) is 37.4 Å². The molecule has 0 saturated heterocycles. The summed E-state index contributed by atoms with van der Waals surface area (Å²) in [6.45, 7) is 0. The van der Waals surface area contributed by atoms with Gasteiger partial charge in [0.15, 0.2) is 5.69 Å². The van der Waals surface area contributed by atoms with Crippen LogP contribution in [-0.4, -0.2) is 28.1 Å². The van der Waals surface area contributed by atoms with Crippen LogP contribution in [0.3, 0.4) is 0 Å². The Balaban J connectivity index is 2.21. The zero-order chi connectivity index (χ0) is 14.5. The standard InChI is InChI=1S/C12H10N4O4/c1-20-11-7-6-9(14-15-11)12(17)13-8-4-2-3-5-10(8)16(18)19/h2-7H,1H3,(H,13,17). The van der Waals surface area contributed by atoms with E-state index in [0.717, 1.165) is 0 Å². The minimum atomic E-state index is -0.588. The van der Waals surface area contributed by atoms with E-state index in [4.69, 9.17) is 4.74 Å². The van der Waals surface area contributed by atoms with Crippen LogP contribution in [0.2, 0.25) is 0 Å². The van der Waals surface area contributed by atoms with E-state index in [1.807, 2.05) is 0 Å². The van der Waals surface area contributed by atoms with Crippen molar-refractivity contribution in [3.63, 3.8) is 0 Å². The first kappa shape index (κ1) is 13.4. The first-order valence-electron chi connectivity index (χ1n) is 5.54. The largest absolute Gasteiger partial charge is 0.480 e. The van der Waals surface area contributed by atoms with Crippen LogP contribution in [-0.2, 0) is 0 Å². The summed E-state index contributed by atoms with van der Waals surface area (Å²) < 4.78 is 4.82. The highest BCUT2D eigenvalue weighted by molar-refractivity contribution is 6.03. The van der Waals surface area contributed by atoms with Gasteiger partial charge in [0, 0.05) is 12.1 Å². The molecule has 8 nitrogen and oxygen atoms in total. The molecule has 2 rings (SSSR count). The molecule has 0 radical (unpaired) electrons. The molecule has 2 aromatic rings. The van der Waals surface area contributed by atoms with Crippen LogP contribution >= 0.6 is 0 Å². The van der Waals surface area contributed by atoms with Crippen LogP contribution in [0, 0.1) is 10.1 Å². The molecular formula is C12H10N4O4. The SMILES string of the molecule is COc1ccc(C(=O)Nc2ccccc2[N+](=O)[O-])nn1. The fourth-order valence-corrected chi connectivity index (χ4v) is 1.47. The lowest BCUT2D eigenvalue weighted by atomic mass is 10.2. The molecule has 0 spiro atoms. The van der Waals surface area contributed by atoms with Gasteiger partial charge in [0.1, 0.15) is 5.69 Å². The fourth-order valence-electron chi connectivity index (χ4n) is 1.47. The summed E-state index contributed by atoms with van der Waals surface area (Å²) in [5.74, 6) is -0.318. The van der Waals surface area contributed by atoms with Crippen molar-refractivity contribution in [3.8, 4) is 5.88 Å². The molecule has 20 heavy (non-hydrogen) atoms. The summed E-state index contributed by atoms with van der Waals surface area (Å²) in [7, 11) is 1.43. The molecule has 0 unspecified atom stereocenters. The first-order valence-corrected chi connectivity index (χ1v) is 5.54. The molecule has 102 valence electrons. The average Bonchev–Trinajstić information content (AvgIpc) is 2.47. The number of para-hydroxylation sites is 2. The number of rotatable bonds is 4. The number of aromatic nitrogens is 2. The number of anilines is 1. The number of amides is 1. The Morgan fingerprint density at radius 3 is 2.60 bits per heavy atom. The Morgan fingerprint density at radius 1 is 1.25 bits per heavy atom. The van der Waals surface area contributed by atoms with Gasteiger partial charge in [0.2, 0.25) is 5.88 Å². The van der Waals surface area contributed by atoms with Gasteiger partial charge in [-0.2, -0.15) is 0 Å². The molecule has 1 N–H and O–H groups in total. The predicted octanol–water partition coefficient (Wildman–Crippen LogP) is 1.65. The van der Waals surface area contributed by atoms with Crippen LogP contribution in [0.1, 0.15) is 10.5 Å². The lowest BCUT2D eigenvalue weighted by Gasteiger charge is -2.05. The van der Waals surface area contributed by atoms with Crippen molar-refractivity contribution in [1.29, 1.82) is 0 Å². The molecule has 0 aliphatic heterocycles. The van der Waals surface area contributed by atoms with E-state index in [1.54, 1.807) is 6.07 Å². The van der Waals surface area contributed by atoms with E-state index in [0.29, 0.717) is 0 Å². The van der Waals surface area contributed by atoms with E-state index >= 15 is 0 Å². The van der Waals surface area contributed by atoms with Crippen molar-refractivity contribution in [1.82, 2.24) is 10.2 Å². The zero-order valence-corrected chi connectivity index (χ0v) is 10.4. The summed E-state index contributed by atoms with van der Waals surface area (Å²) >= 11 is 0. The van der Waals surface area contributed by atoms with Crippen molar-refractivity contribution >= 4 is 17.3 Å². The molecule has 0 aliphatic carbocycles. The van der Waals surface area contributed by atoms with E-state index in [2.05, 4.69) is 15.5 Å². The second kappa shape index (κ2) is 5.74. The highest BCUT2D eigenvalue weighted by atomic mass is 16.6. The lowest BCUT2D eigenvalue weighted by Crippen LogP contribution is -2.15. The number of carbonyl (C=O) groups excluding carboxylic acids is 1. The summed E-state index contributed by atoms with van der Waals surface area (Å²) in [6.07, 6.45) is 0. The number of methoxy groups -OCH3 is 1. The Labute approximate surface area is 113 Å². The lowest BCUT2D eigenvalue weighted by molar-refractivity contribution is -0.383. The minimum Gasteiger partial charge on any atom is -0.480 e. The molecule has 1 aromatic carbocycles. The highest BCUT2D eigenvalue weighted by Gasteiger charge is 2.16. The molecule has 0 atom stereocenters. The molecular weight excluding hydrogens is 264 g/mol. The number of hydrogen-bond acceptors (Lipinski definition) is 6. The van der Waals surface area contributed by atoms with Crippen LogP contribution < -0.4 is 10.1 Å². The van der Waals surface area contributed by atoms with Gasteiger partial charge < -0.3 is 10.1 Å². The van der Waals surface area contributed by atoms with Gasteiger partial charge in [-0.1, -0.05) is 12.1 Å². The molecule has 1 aromatic heterocycles. The second-order valence-corrected chi connectivity index (χ2v) is 3.69. The predicted molar refractivity (Wildman–Crippen MR) is 69.6 cm³/mol. The third kappa shape index (κ3) is 2.86. The van der Waals surface area contributed by atoms with Crippen LogP contribution in [0.15, 0.2) is 36.4 Å². The summed E-state index contributed by atoms with van der Waals surface area (Å²) in [5, 5.41) is 20.6. The molecule has 0 saturated carbocycles. The maximum atomic E-state index is 11.9. The van der Waals surface area contributed by atoms with Crippen molar-refractivity contribution in [3.05, 3.63) is 52.2 Å². The minimum absolute atomic E-state index is 0.0314. The second-order valence-electron chi connectivity index (χ2n) is 3.69. The quantitative estimate of drug-likeness (QED) is 0.670. The van der Waals surface area contributed by atoms with Gasteiger partial charge in [0.25, 0.3) is 11.6 Å². The highest BCUT2D eigenvalue weighted by Crippen LogP contribution is 2.23. The van der Waals surface area contributed by atoms with Gasteiger partial charge in [-0.25, -0.2) is 0 Å². The molecule has 0 fully saturated rings. The number of nitro groups is 1. The van der Waals surface area contributed by atoms with Gasteiger partial charge in [0.05, 0.1) is 12.0 Å². The number of nitro benzene ring substituents is 1. The normalized spacial score (nSPS) is 9.85. The molecule has 8 heteroatoms. The number of carbonyl (C=O) groups is 1. The number of nitrogens with zero attached hydrogens (tertiary/aromatic N) is 3. The summed E-state index contributed by atoms with van der Waals surface area (Å²) in [4.78, 5) is 22.2. The third-order valence-corrected chi connectivity index (χ3v) is 2.43. The summed E-state index contributed by atoms with van der Waals surface area (Å²) in [6, 6.07) is 8.73. The smallest absolute Gasteiger partial charge is 0.292 e. The zero-order valence-electron chi connectivity index (χ0n) is 10.4. The van der Waals surface area contributed by atoms with Gasteiger partial charge >= 0.3 is 0 Å². The van der Waals surface area contributed by atoms with Crippen molar-refractivity contribution in [2.45, 2.75) is 0 Å². The van der Waals surface area contributed by atoms with Crippen molar-refractivity contribution < 1.29 is 14.5 Å². The van der Waals surface area contributed by atoms with Crippen LogP contribution in [0.5, 0.6) is 5.88 Å². The first-order chi connectivity index (χ1) is 9.61. The maximum Gasteiger partial charge on any atom is 0.292 e. The van der Waals surface area contributed by atoms with Gasteiger partial charge in [-0.15, -0.1) is 10.2 Å². The monoisotopic (exact) mass is 274 g/mol. The Hall–Kier alpha value is -3.03. The van der Waals surface area contributed by atoms with Crippen molar-refractivity contribution in [2.75, 3.05) is 12.4 Å². The molecule has 0 aliphatic rings. The fraction of sp³-hybridized carbons (Fsp3) is 0.0833. The van der Waals surface area contributed by atoms with Gasteiger partial charge in [-0.3, -0.25) is 14.9 Å². The number of nitrogens with one attached hydrogen (secondary N) is 1. The maximum absolute atomic E-state index is 11.9. The molecule has 0 bridgehead atoms. The third-order valence-electron chi connectivity index (χ3n) is 2.43. The topological polar surface area (TPSA) is 107 Å². The van der Waals surface area contributed by atoms with Crippen LogP contribution in [0.25, 0.3) is 0 Å². The van der Waals surface area contributed by atoms with Gasteiger partial charge in [-0.05, 0) is 12.1 Å². The Kier molecular flexibility index (Phi) is 3.85. The Morgan fingerprint density at radius 2 is 2.00 bits per heavy atom. The summed E-state index contributed by atoms with van der Waals surface area (Å²) in [5.41, 5.74) is -0.0635. The number of benzene rings is 1. The number of hydrogen-bond donors (Lipinski definition) is 1. The van der Waals surface area contributed by atoms with E-state index < -0.39 is 10.8 Å². The van der Waals surface area contributed by atoms with E-state index in [-0.39, 0.29) is 22.9 Å². The Bertz CT molecular complexity index is 642. The average molecular weight is 274 g/mol. The molecule has 1 amide bonds. The number of ether oxygens (including phenoxy) is 1.